The molecule has 4 heterocycles. The smallest absolute Gasteiger partial charge is 0.407 e. The van der Waals surface area contributed by atoms with E-state index in [1.165, 1.54) is 26.0 Å². The summed E-state index contributed by atoms with van der Waals surface area (Å²) in [6.45, 7) is 12.0. The number of anilines is 2. The number of amides is 2. The molecule has 1 fully saturated rings. The van der Waals surface area contributed by atoms with Gasteiger partial charge in [0.2, 0.25) is 0 Å². The van der Waals surface area contributed by atoms with Gasteiger partial charge in [0.15, 0.2) is 11.5 Å². The lowest BCUT2D eigenvalue weighted by atomic mass is 10.1. The van der Waals surface area contributed by atoms with Gasteiger partial charge < -0.3 is 24.7 Å². The Balaban J connectivity index is 0.000000340. The molecule has 1 aliphatic rings. The SMILES string of the molecule is CCn1cc2c(N3CCCC3)ccc(C(=O)Nc3cc(F)c4nc(C)cn4c3)c2n1.CNC(=O)OC(C)(C)C. The van der Waals surface area contributed by atoms with Crippen LogP contribution >= 0.6 is 0 Å². The van der Waals surface area contributed by atoms with Gasteiger partial charge in [-0.25, -0.2) is 14.2 Å². The highest BCUT2D eigenvalue weighted by molar-refractivity contribution is 6.13. The molecular weight excluding hydrogens is 501 g/mol. The summed E-state index contributed by atoms with van der Waals surface area (Å²) >= 11 is 0. The molecule has 0 saturated carbocycles. The van der Waals surface area contributed by atoms with Crippen molar-refractivity contribution in [1.82, 2.24) is 24.5 Å². The molecule has 0 atom stereocenters. The van der Waals surface area contributed by atoms with Crippen molar-refractivity contribution in [2.24, 2.45) is 0 Å². The molecule has 3 aromatic heterocycles. The van der Waals surface area contributed by atoms with Crippen LogP contribution < -0.4 is 15.5 Å². The second-order valence-electron chi connectivity index (χ2n) is 10.5. The number of ether oxygens (including phenoxy) is 1. The van der Waals surface area contributed by atoms with Crippen LogP contribution in [0.4, 0.5) is 20.6 Å². The fraction of sp³-hybridized carbons (Fsp3) is 0.429. The first-order chi connectivity index (χ1) is 18.5. The van der Waals surface area contributed by atoms with E-state index in [0.717, 1.165) is 30.7 Å². The number of nitrogens with one attached hydrogen (secondary N) is 2. The average Bonchev–Trinajstić information content (AvgIpc) is 3.62. The van der Waals surface area contributed by atoms with Crippen LogP contribution in [0.15, 0.2) is 36.8 Å². The maximum absolute atomic E-state index is 14.4. The second kappa shape index (κ2) is 11.3. The van der Waals surface area contributed by atoms with Gasteiger partial charge in [0, 0.05) is 62.4 Å². The Kier molecular flexibility index (Phi) is 8.08. The van der Waals surface area contributed by atoms with E-state index in [0.29, 0.717) is 22.5 Å². The molecule has 0 unspecified atom stereocenters. The highest BCUT2D eigenvalue weighted by Crippen LogP contribution is 2.31. The fourth-order valence-electron chi connectivity index (χ4n) is 4.49. The van der Waals surface area contributed by atoms with Crippen molar-refractivity contribution < 1.29 is 18.7 Å². The quantitative estimate of drug-likeness (QED) is 0.373. The monoisotopic (exact) mass is 537 g/mol. The van der Waals surface area contributed by atoms with Gasteiger partial charge in [0.1, 0.15) is 11.1 Å². The minimum Gasteiger partial charge on any atom is -0.444 e. The summed E-state index contributed by atoms with van der Waals surface area (Å²) in [6, 6.07) is 5.10. The zero-order valence-corrected chi connectivity index (χ0v) is 23.3. The van der Waals surface area contributed by atoms with Gasteiger partial charge in [0.25, 0.3) is 5.91 Å². The van der Waals surface area contributed by atoms with E-state index in [2.05, 4.69) is 25.6 Å². The minimum atomic E-state index is -0.481. The van der Waals surface area contributed by atoms with Crippen LogP contribution in [0.5, 0.6) is 0 Å². The van der Waals surface area contributed by atoms with Crippen LogP contribution in [0.2, 0.25) is 0 Å². The summed E-state index contributed by atoms with van der Waals surface area (Å²) in [7, 11) is 1.54. The van der Waals surface area contributed by atoms with Crippen molar-refractivity contribution in [2.75, 3.05) is 30.4 Å². The number of rotatable bonds is 4. The molecule has 0 bridgehead atoms. The number of halogens is 1. The van der Waals surface area contributed by atoms with Crippen molar-refractivity contribution in [2.45, 2.75) is 59.6 Å². The zero-order valence-electron chi connectivity index (χ0n) is 23.3. The van der Waals surface area contributed by atoms with Crippen molar-refractivity contribution in [1.29, 1.82) is 0 Å². The van der Waals surface area contributed by atoms with E-state index < -0.39 is 5.82 Å². The summed E-state index contributed by atoms with van der Waals surface area (Å²) in [4.78, 5) is 30.1. The molecule has 1 aliphatic heterocycles. The van der Waals surface area contributed by atoms with Crippen molar-refractivity contribution in [3.63, 3.8) is 0 Å². The summed E-state index contributed by atoms with van der Waals surface area (Å²) in [6.07, 6.45) is 7.35. The molecule has 11 heteroatoms. The van der Waals surface area contributed by atoms with E-state index in [1.807, 2.05) is 50.7 Å². The topological polar surface area (TPSA) is 106 Å². The molecule has 39 heavy (non-hydrogen) atoms. The molecule has 0 spiro atoms. The Morgan fingerprint density at radius 2 is 1.85 bits per heavy atom. The van der Waals surface area contributed by atoms with Crippen LogP contribution in [0, 0.1) is 12.7 Å². The Hall–Kier alpha value is -4.15. The molecular formula is C28H36FN7O3. The van der Waals surface area contributed by atoms with Crippen LogP contribution in [0.1, 0.15) is 56.6 Å². The third-order valence-electron chi connectivity index (χ3n) is 6.20. The zero-order chi connectivity index (χ0) is 28.3. The first kappa shape index (κ1) is 27.9. The third kappa shape index (κ3) is 6.47. The molecule has 10 nitrogen and oxygen atoms in total. The maximum atomic E-state index is 14.4. The molecule has 208 valence electrons. The van der Waals surface area contributed by atoms with E-state index in [-0.39, 0.29) is 23.2 Å². The summed E-state index contributed by atoms with van der Waals surface area (Å²) < 4.78 is 22.7. The van der Waals surface area contributed by atoms with Gasteiger partial charge in [-0.2, -0.15) is 5.10 Å². The Labute approximate surface area is 227 Å². The third-order valence-corrected chi connectivity index (χ3v) is 6.20. The van der Waals surface area contributed by atoms with Gasteiger partial charge in [-0.1, -0.05) is 0 Å². The standard InChI is InChI=1S/C22H23FN6O.C6H13NO2/c1-3-29-13-17-19(27-8-4-5-9-27)7-6-16(20(17)26-29)22(30)25-15-10-18(23)21-24-14(2)11-28(21)12-15;1-6(2,3)9-5(8)7-4/h6-7,10-13H,3-5,8-9H2,1-2H3,(H,25,30);1-4H3,(H,7,8). The normalized spacial score (nSPS) is 13.4. The van der Waals surface area contributed by atoms with Crippen molar-refractivity contribution in [3.05, 3.63) is 53.9 Å². The lowest BCUT2D eigenvalue weighted by molar-refractivity contribution is 0.0541. The number of aryl methyl sites for hydroxylation is 2. The predicted molar refractivity (Wildman–Crippen MR) is 150 cm³/mol. The first-order valence-corrected chi connectivity index (χ1v) is 13.1. The number of carbonyl (C=O) groups is 2. The van der Waals surface area contributed by atoms with Gasteiger partial charge in [-0.3, -0.25) is 9.48 Å². The van der Waals surface area contributed by atoms with Gasteiger partial charge in [0.05, 0.1) is 16.9 Å². The van der Waals surface area contributed by atoms with Gasteiger partial charge in [-0.15, -0.1) is 0 Å². The summed E-state index contributed by atoms with van der Waals surface area (Å²) in [5.74, 6) is -0.796. The van der Waals surface area contributed by atoms with E-state index >= 15 is 0 Å². The molecule has 2 N–H and O–H groups in total. The number of fused-ring (bicyclic) bond motifs is 2. The van der Waals surface area contributed by atoms with E-state index in [9.17, 15) is 14.0 Å². The number of hydrogen-bond donors (Lipinski definition) is 2. The number of pyridine rings is 1. The Bertz CT molecular complexity index is 1500. The van der Waals surface area contributed by atoms with E-state index in [4.69, 9.17) is 4.74 Å². The molecule has 1 aromatic carbocycles. The highest BCUT2D eigenvalue weighted by atomic mass is 19.1. The second-order valence-corrected chi connectivity index (χ2v) is 10.5. The highest BCUT2D eigenvalue weighted by Gasteiger charge is 2.21. The molecule has 4 aromatic rings. The van der Waals surface area contributed by atoms with Crippen molar-refractivity contribution >= 4 is 39.9 Å². The van der Waals surface area contributed by atoms with Crippen LogP contribution in [-0.2, 0) is 11.3 Å². The maximum Gasteiger partial charge on any atom is 0.407 e. The molecule has 5 rings (SSSR count). The van der Waals surface area contributed by atoms with Crippen LogP contribution in [-0.4, -0.2) is 56.9 Å². The van der Waals surface area contributed by atoms with Gasteiger partial charge in [-0.05, 0) is 59.6 Å². The minimum absolute atomic E-state index is 0.240. The Morgan fingerprint density at radius 1 is 1.13 bits per heavy atom. The largest absolute Gasteiger partial charge is 0.444 e. The number of carbonyl (C=O) groups excluding carboxylic acids is 2. The van der Waals surface area contributed by atoms with Crippen molar-refractivity contribution in [3.8, 4) is 0 Å². The Morgan fingerprint density at radius 3 is 2.46 bits per heavy atom. The molecule has 0 aliphatic carbocycles. The number of alkyl carbamates (subject to hydrolysis) is 1. The van der Waals surface area contributed by atoms with Crippen LogP contribution in [0.25, 0.3) is 16.6 Å². The van der Waals surface area contributed by atoms with E-state index in [1.54, 1.807) is 23.7 Å². The lowest BCUT2D eigenvalue weighted by Crippen LogP contribution is -2.30. The number of nitrogens with zero attached hydrogens (tertiary/aromatic N) is 5. The summed E-state index contributed by atoms with van der Waals surface area (Å²) in [5.41, 5.74) is 3.18. The number of aromatic nitrogens is 4. The fourth-order valence-corrected chi connectivity index (χ4v) is 4.49. The number of imidazole rings is 1. The molecule has 0 radical (unpaired) electrons. The molecule has 1 saturated heterocycles. The molecule has 2 amide bonds. The predicted octanol–water partition coefficient (Wildman–Crippen LogP) is 5.14. The van der Waals surface area contributed by atoms with Crippen LogP contribution in [0.3, 0.4) is 0 Å². The van der Waals surface area contributed by atoms with Gasteiger partial charge >= 0.3 is 6.09 Å². The number of hydrogen-bond acceptors (Lipinski definition) is 6. The summed E-state index contributed by atoms with van der Waals surface area (Å²) in [5, 5.41) is 10.8. The number of benzene rings is 1. The average molecular weight is 538 g/mol. The first-order valence-electron chi connectivity index (χ1n) is 13.1. The lowest BCUT2D eigenvalue weighted by Gasteiger charge is -2.19.